The predicted octanol–water partition coefficient (Wildman–Crippen LogP) is 7.73. The van der Waals surface area contributed by atoms with Gasteiger partial charge in [0.15, 0.2) is 11.6 Å². The molecule has 6 rings (SSSR count). The number of carbonyl (C=O) groups is 4. The predicted molar refractivity (Wildman–Crippen MR) is 223 cm³/mol. The van der Waals surface area contributed by atoms with Crippen LogP contribution in [0.15, 0.2) is 82.3 Å². The Morgan fingerprint density at radius 3 is 1.53 bits per heavy atom. The Morgan fingerprint density at radius 1 is 0.667 bits per heavy atom. The fourth-order valence-corrected chi connectivity index (χ4v) is 6.75. The Balaban J connectivity index is 0.000000218. The third-order valence-corrected chi connectivity index (χ3v) is 9.47. The van der Waals surface area contributed by atoms with Crippen molar-refractivity contribution < 1.29 is 19.2 Å². The molecule has 0 aliphatic rings. The smallest absolute Gasteiger partial charge is 0.274 e. The number of amides is 4. The van der Waals surface area contributed by atoms with E-state index in [-0.39, 0.29) is 34.2 Å². The molecular formula is C37H28Br2Cl3N11O4. The number of nitriles is 1. The molecule has 290 valence electrons. The Bertz CT molecular complexity index is 2610. The summed E-state index contributed by atoms with van der Waals surface area (Å²) >= 11 is 25.0. The van der Waals surface area contributed by atoms with Crippen molar-refractivity contribution in [1.29, 1.82) is 5.26 Å². The molecule has 0 saturated heterocycles. The molecule has 4 N–H and O–H groups in total. The summed E-state index contributed by atoms with van der Waals surface area (Å²) in [6, 6.07) is 17.8. The van der Waals surface area contributed by atoms with Gasteiger partial charge in [-0.25, -0.2) is 19.3 Å². The summed E-state index contributed by atoms with van der Waals surface area (Å²) in [7, 11) is 2.97. The lowest BCUT2D eigenvalue weighted by molar-refractivity contribution is 0.0954. The topological polar surface area (TPSA) is 202 Å². The van der Waals surface area contributed by atoms with E-state index in [1.165, 1.54) is 53.9 Å². The quantitative estimate of drug-likeness (QED) is 0.118. The van der Waals surface area contributed by atoms with Crippen LogP contribution in [0.4, 0.5) is 11.4 Å². The van der Waals surface area contributed by atoms with Gasteiger partial charge >= 0.3 is 0 Å². The molecule has 0 fully saturated rings. The number of anilines is 2. The fourth-order valence-electron chi connectivity index (χ4n) is 5.33. The molecule has 0 bridgehead atoms. The zero-order chi connectivity index (χ0) is 41.6. The van der Waals surface area contributed by atoms with E-state index in [0.717, 1.165) is 0 Å². The molecule has 0 aliphatic heterocycles. The molecule has 0 atom stereocenters. The van der Waals surface area contributed by atoms with Gasteiger partial charge in [0, 0.05) is 43.6 Å². The van der Waals surface area contributed by atoms with Crippen LogP contribution >= 0.6 is 66.7 Å². The number of benzene rings is 2. The molecule has 4 amide bonds. The summed E-state index contributed by atoms with van der Waals surface area (Å²) in [5, 5.41) is 29.2. The minimum atomic E-state index is -0.525. The first-order chi connectivity index (χ1) is 27.2. The van der Waals surface area contributed by atoms with Gasteiger partial charge in [-0.3, -0.25) is 19.2 Å². The molecule has 6 aromatic rings. The standard InChI is InChI=1S/C19H14BrClN6O2.C18H14BrCl2N5O2/c1-10-6-11(9-22)7-12(18(28)23-2)16(10)25-19(29)14-8-15(20)26-27(14)17-13(21)4-3-5-24-17;1-9-6-10(20)7-11(17(27)22-2)15(9)24-18(28)13-8-14(19)25-26(13)16-12(21)4-3-5-23-16/h3-8H,1-2H3,(H,23,28)(H,25,29);3-8H,1-2H3,(H,22,27)(H,24,28). The molecular weight excluding hydrogens is 929 g/mol. The summed E-state index contributed by atoms with van der Waals surface area (Å²) < 4.78 is 3.47. The molecule has 20 heteroatoms. The van der Waals surface area contributed by atoms with Crippen molar-refractivity contribution >= 4 is 102 Å². The van der Waals surface area contributed by atoms with E-state index in [1.807, 2.05) is 6.07 Å². The van der Waals surface area contributed by atoms with Gasteiger partial charge in [0.2, 0.25) is 0 Å². The summed E-state index contributed by atoms with van der Waals surface area (Å²) in [5.41, 5.74) is 2.94. The van der Waals surface area contributed by atoms with Crippen LogP contribution in [0.3, 0.4) is 0 Å². The van der Waals surface area contributed by atoms with E-state index < -0.39 is 17.7 Å². The van der Waals surface area contributed by atoms with Crippen molar-refractivity contribution in [3.05, 3.63) is 137 Å². The second-order valence-electron chi connectivity index (χ2n) is 11.7. The molecule has 0 unspecified atom stereocenters. The minimum Gasteiger partial charge on any atom is -0.355 e. The molecule has 4 aromatic heterocycles. The van der Waals surface area contributed by atoms with Crippen LogP contribution in [0.5, 0.6) is 0 Å². The number of pyridine rings is 2. The molecule has 0 aliphatic carbocycles. The van der Waals surface area contributed by atoms with Gasteiger partial charge in [-0.05, 0) is 105 Å². The molecule has 0 spiro atoms. The van der Waals surface area contributed by atoms with E-state index in [0.29, 0.717) is 58.2 Å². The average Bonchev–Trinajstić information content (AvgIpc) is 3.78. The molecule has 4 heterocycles. The molecule has 2 aromatic carbocycles. The maximum absolute atomic E-state index is 13.0. The van der Waals surface area contributed by atoms with Crippen LogP contribution in [-0.4, -0.2) is 67.3 Å². The van der Waals surface area contributed by atoms with Crippen LogP contribution < -0.4 is 21.3 Å². The second-order valence-corrected chi connectivity index (χ2v) is 14.6. The number of rotatable bonds is 8. The highest BCUT2D eigenvalue weighted by Crippen LogP contribution is 2.29. The molecule has 57 heavy (non-hydrogen) atoms. The van der Waals surface area contributed by atoms with E-state index in [9.17, 15) is 24.4 Å². The highest BCUT2D eigenvalue weighted by Gasteiger charge is 2.24. The van der Waals surface area contributed by atoms with Crippen LogP contribution in [0, 0.1) is 25.2 Å². The Morgan fingerprint density at radius 2 is 1.11 bits per heavy atom. The zero-order valence-electron chi connectivity index (χ0n) is 30.1. The number of hydrogen-bond acceptors (Lipinski definition) is 9. The van der Waals surface area contributed by atoms with Crippen LogP contribution in [-0.2, 0) is 0 Å². The first-order valence-electron chi connectivity index (χ1n) is 16.3. The lowest BCUT2D eigenvalue weighted by atomic mass is 10.0. The van der Waals surface area contributed by atoms with Gasteiger partial charge in [0.25, 0.3) is 23.6 Å². The first kappa shape index (κ1) is 42.5. The Hall–Kier alpha value is -5.64. The van der Waals surface area contributed by atoms with Crippen LogP contribution in [0.2, 0.25) is 15.1 Å². The maximum atomic E-state index is 13.0. The fraction of sp³-hybridized carbons (Fsp3) is 0.108. The molecule has 0 radical (unpaired) electrons. The van der Waals surface area contributed by atoms with Gasteiger partial charge in [-0.1, -0.05) is 34.8 Å². The van der Waals surface area contributed by atoms with E-state index >= 15 is 0 Å². The van der Waals surface area contributed by atoms with Crippen molar-refractivity contribution in [1.82, 2.24) is 40.2 Å². The number of carbonyl (C=O) groups excluding carboxylic acids is 4. The largest absolute Gasteiger partial charge is 0.355 e. The summed E-state index contributed by atoms with van der Waals surface area (Å²) in [4.78, 5) is 58.9. The van der Waals surface area contributed by atoms with Crippen molar-refractivity contribution in [3.8, 4) is 17.7 Å². The van der Waals surface area contributed by atoms with Crippen molar-refractivity contribution in [2.75, 3.05) is 24.7 Å². The Labute approximate surface area is 357 Å². The number of nitrogens with one attached hydrogen (secondary N) is 4. The zero-order valence-corrected chi connectivity index (χ0v) is 35.5. The average molecular weight is 957 g/mol. The summed E-state index contributed by atoms with van der Waals surface area (Å²) in [6.07, 6.45) is 3.08. The van der Waals surface area contributed by atoms with Crippen LogP contribution in [0.25, 0.3) is 11.6 Å². The summed E-state index contributed by atoms with van der Waals surface area (Å²) in [6.45, 7) is 3.45. The SMILES string of the molecule is CNC(=O)c1cc(C#N)cc(C)c1NC(=O)c1cc(Br)nn1-c1ncccc1Cl.CNC(=O)c1cc(Cl)cc(C)c1NC(=O)c1cc(Br)nn1-c1ncccc1Cl. The van der Waals surface area contributed by atoms with Gasteiger partial charge in [0.1, 0.15) is 20.6 Å². The minimum absolute atomic E-state index is 0.157. The van der Waals surface area contributed by atoms with Gasteiger partial charge in [0.05, 0.1) is 44.2 Å². The highest BCUT2D eigenvalue weighted by atomic mass is 79.9. The maximum Gasteiger partial charge on any atom is 0.274 e. The number of nitrogens with zero attached hydrogens (tertiary/aromatic N) is 7. The number of halogens is 5. The normalized spacial score (nSPS) is 10.5. The van der Waals surface area contributed by atoms with E-state index in [1.54, 1.807) is 56.4 Å². The Kier molecular flexibility index (Phi) is 13.8. The number of aromatic nitrogens is 6. The molecule has 15 nitrogen and oxygen atoms in total. The van der Waals surface area contributed by atoms with Crippen molar-refractivity contribution in [2.24, 2.45) is 0 Å². The van der Waals surface area contributed by atoms with Gasteiger partial charge in [-0.15, -0.1) is 0 Å². The van der Waals surface area contributed by atoms with Crippen molar-refractivity contribution in [3.63, 3.8) is 0 Å². The first-order valence-corrected chi connectivity index (χ1v) is 19.0. The molecule has 0 saturated carbocycles. The van der Waals surface area contributed by atoms with E-state index in [4.69, 9.17) is 34.8 Å². The summed E-state index contributed by atoms with van der Waals surface area (Å²) in [5.74, 6) is -1.22. The highest BCUT2D eigenvalue weighted by molar-refractivity contribution is 9.10. The van der Waals surface area contributed by atoms with Gasteiger partial charge in [-0.2, -0.15) is 15.5 Å². The monoisotopic (exact) mass is 953 g/mol. The number of hydrogen-bond donors (Lipinski definition) is 4. The van der Waals surface area contributed by atoms with Gasteiger partial charge < -0.3 is 21.3 Å². The lowest BCUT2D eigenvalue weighted by Gasteiger charge is -2.14. The second kappa shape index (κ2) is 18.5. The van der Waals surface area contributed by atoms with Crippen LogP contribution in [0.1, 0.15) is 58.4 Å². The van der Waals surface area contributed by atoms with E-state index in [2.05, 4.69) is 73.3 Å². The third kappa shape index (κ3) is 9.67. The lowest BCUT2D eigenvalue weighted by Crippen LogP contribution is -2.24. The van der Waals surface area contributed by atoms with Crippen molar-refractivity contribution in [2.45, 2.75) is 13.8 Å². The number of aryl methyl sites for hydroxylation is 2. The third-order valence-electron chi connectivity index (χ3n) is 7.89.